The van der Waals surface area contributed by atoms with Crippen molar-refractivity contribution in [2.24, 2.45) is 0 Å². The molecular weight excluding hydrogens is 220 g/mol. The van der Waals surface area contributed by atoms with Crippen LogP contribution in [0.4, 0.5) is 5.69 Å². The average molecular weight is 250 g/mol. The van der Waals surface area contributed by atoms with Gasteiger partial charge in [0.1, 0.15) is 0 Å². The number of rotatable bonds is 8. The number of hydrogen-bond acceptors (Lipinski definition) is 2. The molecule has 0 amide bonds. The first-order chi connectivity index (χ1) is 8.81. The summed E-state index contributed by atoms with van der Waals surface area (Å²) in [5, 5.41) is 3.46. The number of unbranched alkanes of at least 4 members (excludes halogenated alkanes) is 4. The Bertz CT molecular complexity index is 239. The fourth-order valence-corrected chi connectivity index (χ4v) is 1.58. The van der Waals surface area contributed by atoms with E-state index in [1.807, 2.05) is 30.3 Å². The summed E-state index contributed by atoms with van der Waals surface area (Å²) in [5.41, 5.74) is 6.18. The van der Waals surface area contributed by atoms with Gasteiger partial charge in [-0.1, -0.05) is 57.7 Å². The van der Waals surface area contributed by atoms with E-state index in [0.717, 1.165) is 5.69 Å². The fourth-order valence-electron chi connectivity index (χ4n) is 1.58. The van der Waals surface area contributed by atoms with Gasteiger partial charge >= 0.3 is 0 Å². The number of benzene rings is 1. The highest BCUT2D eigenvalue weighted by molar-refractivity contribution is 5.35. The molecule has 0 fully saturated rings. The van der Waals surface area contributed by atoms with Crippen LogP contribution in [0.25, 0.3) is 0 Å². The highest BCUT2D eigenvalue weighted by atomic mass is 14.8. The minimum Gasteiger partial charge on any atom is -0.399 e. The summed E-state index contributed by atoms with van der Waals surface area (Å²) < 4.78 is 0. The first kappa shape index (κ1) is 17.0. The summed E-state index contributed by atoms with van der Waals surface area (Å²) in [4.78, 5) is 0. The van der Waals surface area contributed by atoms with Crippen molar-refractivity contribution in [3.63, 3.8) is 0 Å². The number of nitrogens with two attached hydrogens (primary N) is 1. The molecule has 3 N–H and O–H groups in total. The second-order valence-electron chi connectivity index (χ2n) is 4.57. The minimum atomic E-state index is 0.822. The van der Waals surface area contributed by atoms with Crippen molar-refractivity contribution >= 4 is 5.69 Å². The van der Waals surface area contributed by atoms with Crippen LogP contribution in [0.2, 0.25) is 0 Å². The summed E-state index contributed by atoms with van der Waals surface area (Å²) in [6.45, 7) is 6.93. The van der Waals surface area contributed by atoms with Crippen LogP contribution in [0.15, 0.2) is 30.3 Å². The Morgan fingerprint density at radius 2 is 1.33 bits per heavy atom. The van der Waals surface area contributed by atoms with E-state index in [1.54, 1.807) is 0 Å². The Balaban J connectivity index is 0.000000351. The molecule has 0 aliphatic rings. The van der Waals surface area contributed by atoms with E-state index in [4.69, 9.17) is 5.73 Å². The second-order valence-corrected chi connectivity index (χ2v) is 4.57. The standard InChI is InChI=1S/C10H23N.C6H7N/c1-3-5-7-9-11-10-8-6-4-2;7-6-4-2-1-3-5-6/h11H,3-10H2,1-2H3;1-5H,7H2. The second kappa shape index (κ2) is 14.0. The predicted octanol–water partition coefficient (Wildman–Crippen LogP) is 4.23. The zero-order valence-corrected chi connectivity index (χ0v) is 12.1. The van der Waals surface area contributed by atoms with E-state index in [2.05, 4.69) is 19.2 Å². The van der Waals surface area contributed by atoms with Crippen molar-refractivity contribution in [2.45, 2.75) is 52.4 Å². The number of para-hydroxylation sites is 1. The summed E-state index contributed by atoms with van der Waals surface area (Å²) in [6.07, 6.45) is 8.11. The largest absolute Gasteiger partial charge is 0.399 e. The fraction of sp³-hybridized carbons (Fsp3) is 0.625. The molecule has 0 unspecified atom stereocenters. The van der Waals surface area contributed by atoms with Gasteiger partial charge < -0.3 is 11.1 Å². The third kappa shape index (κ3) is 13.0. The highest BCUT2D eigenvalue weighted by Gasteiger charge is 1.87. The molecule has 2 nitrogen and oxygen atoms in total. The Kier molecular flexibility index (Phi) is 13.2. The molecular formula is C16H30N2. The van der Waals surface area contributed by atoms with Gasteiger partial charge in [-0.3, -0.25) is 0 Å². The third-order valence-electron chi connectivity index (χ3n) is 2.71. The lowest BCUT2D eigenvalue weighted by Gasteiger charge is -2.02. The maximum Gasteiger partial charge on any atom is 0.0313 e. The van der Waals surface area contributed by atoms with E-state index in [9.17, 15) is 0 Å². The maximum absolute atomic E-state index is 5.36. The van der Waals surface area contributed by atoms with Gasteiger partial charge in [-0.05, 0) is 38.1 Å². The summed E-state index contributed by atoms with van der Waals surface area (Å²) in [7, 11) is 0. The van der Waals surface area contributed by atoms with E-state index in [-0.39, 0.29) is 0 Å². The van der Waals surface area contributed by atoms with Gasteiger partial charge in [0.2, 0.25) is 0 Å². The minimum absolute atomic E-state index is 0.822. The first-order valence-corrected chi connectivity index (χ1v) is 7.32. The molecule has 0 spiro atoms. The summed E-state index contributed by atoms with van der Waals surface area (Å²) >= 11 is 0. The van der Waals surface area contributed by atoms with Crippen LogP contribution in [0.3, 0.4) is 0 Å². The molecule has 0 saturated carbocycles. The van der Waals surface area contributed by atoms with Crippen molar-refractivity contribution < 1.29 is 0 Å². The smallest absolute Gasteiger partial charge is 0.0313 e. The lowest BCUT2D eigenvalue weighted by Crippen LogP contribution is -2.16. The molecule has 18 heavy (non-hydrogen) atoms. The molecule has 0 heterocycles. The number of anilines is 1. The maximum atomic E-state index is 5.36. The molecule has 1 aromatic rings. The first-order valence-electron chi connectivity index (χ1n) is 7.32. The number of hydrogen-bond donors (Lipinski definition) is 2. The molecule has 0 aliphatic carbocycles. The van der Waals surface area contributed by atoms with Crippen LogP contribution < -0.4 is 11.1 Å². The SMILES string of the molecule is CCCCCNCCCCC.Nc1ccccc1. The molecule has 1 rings (SSSR count). The predicted molar refractivity (Wildman–Crippen MR) is 82.8 cm³/mol. The van der Waals surface area contributed by atoms with Crippen molar-refractivity contribution in [2.75, 3.05) is 18.8 Å². The van der Waals surface area contributed by atoms with Gasteiger partial charge in [-0.15, -0.1) is 0 Å². The molecule has 0 aliphatic heterocycles. The lowest BCUT2D eigenvalue weighted by atomic mass is 10.2. The molecule has 2 heteroatoms. The quantitative estimate of drug-likeness (QED) is 0.535. The normalized spacial score (nSPS) is 9.67. The molecule has 1 aromatic carbocycles. The number of nitrogen functional groups attached to an aromatic ring is 1. The lowest BCUT2D eigenvalue weighted by molar-refractivity contribution is 0.583. The van der Waals surface area contributed by atoms with Crippen molar-refractivity contribution in [1.82, 2.24) is 5.32 Å². The van der Waals surface area contributed by atoms with Gasteiger partial charge in [0.25, 0.3) is 0 Å². The van der Waals surface area contributed by atoms with Crippen LogP contribution in [0.5, 0.6) is 0 Å². The molecule has 104 valence electrons. The van der Waals surface area contributed by atoms with E-state index < -0.39 is 0 Å². The van der Waals surface area contributed by atoms with Crippen LogP contribution in [0.1, 0.15) is 52.4 Å². The molecule has 0 saturated heterocycles. The van der Waals surface area contributed by atoms with Crippen molar-refractivity contribution in [3.05, 3.63) is 30.3 Å². The van der Waals surface area contributed by atoms with Gasteiger partial charge in [-0.2, -0.15) is 0 Å². The molecule has 0 atom stereocenters. The van der Waals surface area contributed by atoms with Gasteiger partial charge in [-0.25, -0.2) is 0 Å². The zero-order valence-electron chi connectivity index (χ0n) is 12.1. The molecule has 0 bridgehead atoms. The van der Waals surface area contributed by atoms with Gasteiger partial charge in [0, 0.05) is 5.69 Å². The average Bonchev–Trinajstić information content (AvgIpc) is 2.39. The number of nitrogens with one attached hydrogen (secondary N) is 1. The Morgan fingerprint density at radius 1 is 0.833 bits per heavy atom. The van der Waals surface area contributed by atoms with Crippen LogP contribution >= 0.6 is 0 Å². The van der Waals surface area contributed by atoms with E-state index in [0.29, 0.717) is 0 Å². The molecule has 0 aromatic heterocycles. The summed E-state index contributed by atoms with van der Waals surface area (Å²) in [6, 6.07) is 9.49. The Morgan fingerprint density at radius 3 is 1.67 bits per heavy atom. The van der Waals surface area contributed by atoms with Gasteiger partial charge in [0.15, 0.2) is 0 Å². The van der Waals surface area contributed by atoms with Crippen LogP contribution in [-0.4, -0.2) is 13.1 Å². The zero-order chi connectivity index (χ0) is 13.5. The third-order valence-corrected chi connectivity index (χ3v) is 2.71. The van der Waals surface area contributed by atoms with Crippen LogP contribution in [0, 0.1) is 0 Å². The summed E-state index contributed by atoms with van der Waals surface area (Å²) in [5.74, 6) is 0. The van der Waals surface area contributed by atoms with Gasteiger partial charge in [0.05, 0.1) is 0 Å². The highest BCUT2D eigenvalue weighted by Crippen LogP contribution is 1.96. The molecule has 0 radical (unpaired) electrons. The van der Waals surface area contributed by atoms with Crippen molar-refractivity contribution in [1.29, 1.82) is 0 Å². The van der Waals surface area contributed by atoms with E-state index >= 15 is 0 Å². The Hall–Kier alpha value is -1.02. The van der Waals surface area contributed by atoms with E-state index in [1.165, 1.54) is 51.6 Å². The monoisotopic (exact) mass is 250 g/mol. The Labute approximate surface area is 113 Å². The van der Waals surface area contributed by atoms with Crippen molar-refractivity contribution in [3.8, 4) is 0 Å². The topological polar surface area (TPSA) is 38.0 Å². The van der Waals surface area contributed by atoms with Crippen LogP contribution in [-0.2, 0) is 0 Å².